The van der Waals surface area contributed by atoms with Crippen molar-refractivity contribution < 1.29 is 44.7 Å². The number of carbonyl (C=O) groups excluding carboxylic acids is 1. The highest BCUT2D eigenvalue weighted by molar-refractivity contribution is 7.91. The van der Waals surface area contributed by atoms with E-state index in [2.05, 4.69) is 10.0 Å². The molecule has 220 valence electrons. The topological polar surface area (TPSA) is 153 Å². The smallest absolute Gasteiger partial charge is 0.417 e. The van der Waals surface area contributed by atoms with Gasteiger partial charge in [-0.25, -0.2) is 31.1 Å². The van der Waals surface area contributed by atoms with E-state index in [9.17, 15) is 39.6 Å². The molecule has 3 N–H and O–H groups in total. The molecule has 2 aromatic carbocycles. The Bertz CT molecular complexity index is 1430. The van der Waals surface area contributed by atoms with Gasteiger partial charge in [-0.15, -0.1) is 0 Å². The van der Waals surface area contributed by atoms with Crippen LogP contribution in [0.4, 0.5) is 22.8 Å². The van der Waals surface area contributed by atoms with E-state index in [1.807, 2.05) is 0 Å². The van der Waals surface area contributed by atoms with Crippen LogP contribution < -0.4 is 10.0 Å². The van der Waals surface area contributed by atoms with E-state index in [0.717, 1.165) is 0 Å². The first-order valence-corrected chi connectivity index (χ1v) is 15.1. The summed E-state index contributed by atoms with van der Waals surface area (Å²) in [7, 11) is -7.64. The van der Waals surface area contributed by atoms with Crippen molar-refractivity contribution in [2.75, 3.05) is 33.2 Å². The molecule has 0 aliphatic carbocycles. The first kappa shape index (κ1) is 31.2. The highest BCUT2D eigenvalue weighted by Crippen LogP contribution is 2.36. The van der Waals surface area contributed by atoms with Crippen LogP contribution in [0, 0.1) is 0 Å². The number of carbonyl (C=O) groups is 2. The molecule has 0 aromatic heterocycles. The zero-order valence-corrected chi connectivity index (χ0v) is 23.0. The van der Waals surface area contributed by atoms with Crippen LogP contribution in [0.1, 0.15) is 24.8 Å². The number of hydrogen-bond donors (Lipinski definition) is 3. The SMILES string of the molecule is CN(CCCNS(=O)(=O)c1cc(S(=O)(=O)c2ccccc2)ccc1C(F)(F)F)C(=O)NC1CCN(C(=O)O)CC1. The molecule has 0 spiro atoms. The van der Waals surface area contributed by atoms with Gasteiger partial charge in [0.1, 0.15) is 0 Å². The van der Waals surface area contributed by atoms with Gasteiger partial charge in [0.15, 0.2) is 0 Å². The minimum absolute atomic E-state index is 0.0456. The number of nitrogens with one attached hydrogen (secondary N) is 2. The normalized spacial score (nSPS) is 15.1. The van der Waals surface area contributed by atoms with Crippen LogP contribution in [-0.2, 0) is 26.0 Å². The molecule has 11 nitrogen and oxygen atoms in total. The number of sulfonamides is 1. The van der Waals surface area contributed by atoms with E-state index in [-0.39, 0.29) is 43.5 Å². The van der Waals surface area contributed by atoms with Gasteiger partial charge in [0, 0.05) is 39.3 Å². The third kappa shape index (κ3) is 7.63. The molecular formula is C24H29F3N4O7S2. The van der Waals surface area contributed by atoms with Gasteiger partial charge in [-0.1, -0.05) is 18.2 Å². The van der Waals surface area contributed by atoms with Crippen LogP contribution in [0.3, 0.4) is 0 Å². The summed E-state index contributed by atoms with van der Waals surface area (Å²) in [5, 5.41) is 11.8. The fourth-order valence-corrected chi connectivity index (χ4v) is 6.77. The molecule has 0 unspecified atom stereocenters. The Balaban J connectivity index is 1.65. The molecule has 3 amide bonds. The molecule has 1 aliphatic rings. The predicted octanol–water partition coefficient (Wildman–Crippen LogP) is 2.99. The van der Waals surface area contributed by atoms with E-state index in [4.69, 9.17) is 5.11 Å². The molecule has 0 bridgehead atoms. The number of piperidine rings is 1. The second-order valence-corrected chi connectivity index (χ2v) is 12.8. The average molecular weight is 607 g/mol. The zero-order chi connectivity index (χ0) is 29.7. The van der Waals surface area contributed by atoms with E-state index >= 15 is 0 Å². The van der Waals surface area contributed by atoms with Gasteiger partial charge in [0.25, 0.3) is 0 Å². The summed E-state index contributed by atoms with van der Waals surface area (Å²) in [6, 6.07) is 7.81. The highest BCUT2D eigenvalue weighted by atomic mass is 32.2. The number of rotatable bonds is 9. The molecule has 40 heavy (non-hydrogen) atoms. The lowest BCUT2D eigenvalue weighted by Gasteiger charge is -2.31. The zero-order valence-electron chi connectivity index (χ0n) is 21.4. The van der Waals surface area contributed by atoms with Crippen LogP contribution in [-0.4, -0.2) is 83.1 Å². The molecule has 1 saturated heterocycles. The summed E-state index contributed by atoms with van der Waals surface area (Å²) in [6.07, 6.45) is -5.18. The van der Waals surface area contributed by atoms with E-state index in [1.165, 1.54) is 41.1 Å². The van der Waals surface area contributed by atoms with Crippen LogP contribution in [0.5, 0.6) is 0 Å². The van der Waals surface area contributed by atoms with Crippen molar-refractivity contribution in [3.05, 3.63) is 54.1 Å². The quantitative estimate of drug-likeness (QED) is 0.371. The highest BCUT2D eigenvalue weighted by Gasteiger charge is 2.38. The Morgan fingerprint density at radius 2 is 1.65 bits per heavy atom. The fourth-order valence-electron chi connectivity index (χ4n) is 4.06. The molecule has 1 aliphatic heterocycles. The van der Waals surface area contributed by atoms with Gasteiger partial charge in [0.2, 0.25) is 19.9 Å². The summed E-state index contributed by atoms with van der Waals surface area (Å²) in [4.78, 5) is 23.9. The molecule has 0 radical (unpaired) electrons. The lowest BCUT2D eigenvalue weighted by atomic mass is 10.1. The Labute approximate surface area is 229 Å². The van der Waals surface area contributed by atoms with Crippen LogP contribution >= 0.6 is 0 Å². The van der Waals surface area contributed by atoms with Crippen molar-refractivity contribution in [3.63, 3.8) is 0 Å². The third-order valence-corrected chi connectivity index (χ3v) is 9.58. The van der Waals surface area contributed by atoms with Crippen molar-refractivity contribution in [3.8, 4) is 0 Å². The summed E-state index contributed by atoms with van der Waals surface area (Å²) < 4.78 is 94.5. The molecular weight excluding hydrogens is 577 g/mol. The second-order valence-electron chi connectivity index (χ2n) is 9.14. The van der Waals surface area contributed by atoms with Crippen molar-refractivity contribution in [2.45, 2.75) is 46.2 Å². The van der Waals surface area contributed by atoms with Gasteiger partial charge in [0.05, 0.1) is 20.2 Å². The lowest BCUT2D eigenvalue weighted by Crippen LogP contribution is -2.49. The Kier molecular flexibility index (Phi) is 9.68. The lowest BCUT2D eigenvalue weighted by molar-refractivity contribution is -0.139. The number of halogens is 3. The van der Waals surface area contributed by atoms with Crippen LogP contribution in [0.15, 0.2) is 63.2 Å². The second kappa shape index (κ2) is 12.4. The van der Waals surface area contributed by atoms with E-state index in [1.54, 1.807) is 6.07 Å². The Morgan fingerprint density at radius 3 is 2.23 bits per heavy atom. The molecule has 0 atom stereocenters. The average Bonchev–Trinajstić information content (AvgIpc) is 2.91. The minimum Gasteiger partial charge on any atom is -0.465 e. The Morgan fingerprint density at radius 1 is 1.02 bits per heavy atom. The van der Waals surface area contributed by atoms with Gasteiger partial charge in [-0.3, -0.25) is 0 Å². The first-order valence-electron chi connectivity index (χ1n) is 12.1. The number of likely N-dealkylation sites (tertiary alicyclic amines) is 1. The van der Waals surface area contributed by atoms with Gasteiger partial charge in [-0.2, -0.15) is 13.2 Å². The number of urea groups is 1. The fraction of sp³-hybridized carbons (Fsp3) is 0.417. The van der Waals surface area contributed by atoms with Crippen LogP contribution in [0.25, 0.3) is 0 Å². The van der Waals surface area contributed by atoms with Crippen molar-refractivity contribution >= 4 is 32.0 Å². The summed E-state index contributed by atoms with van der Waals surface area (Å²) in [5.41, 5.74) is -1.52. The number of amides is 3. The van der Waals surface area contributed by atoms with Gasteiger partial charge < -0.3 is 20.2 Å². The number of nitrogens with zero attached hydrogens (tertiary/aromatic N) is 2. The maximum absolute atomic E-state index is 13.6. The van der Waals surface area contributed by atoms with Gasteiger partial charge in [-0.05, 0) is 49.6 Å². The maximum Gasteiger partial charge on any atom is 0.417 e. The number of sulfone groups is 1. The van der Waals surface area contributed by atoms with E-state index in [0.29, 0.717) is 31.0 Å². The van der Waals surface area contributed by atoms with Crippen LogP contribution in [0.2, 0.25) is 0 Å². The van der Waals surface area contributed by atoms with Crippen molar-refractivity contribution in [1.29, 1.82) is 0 Å². The standard InChI is InChI=1S/C24H29F3N4O7S2/c1-30(22(32)29-17-10-14-31(15-11-17)23(33)34)13-5-12-28-40(37,38)21-16-19(8-9-20(21)24(25,26)27)39(35,36)18-6-3-2-4-7-18/h2-4,6-9,16-17,28H,5,10-15H2,1H3,(H,29,32)(H,33,34). The predicted molar refractivity (Wildman–Crippen MR) is 137 cm³/mol. The van der Waals surface area contributed by atoms with Crippen molar-refractivity contribution in [2.24, 2.45) is 0 Å². The summed E-state index contributed by atoms with van der Waals surface area (Å²) in [6.45, 7) is 0.278. The van der Waals surface area contributed by atoms with Gasteiger partial charge >= 0.3 is 18.3 Å². The molecule has 0 saturated carbocycles. The molecule has 16 heteroatoms. The number of hydrogen-bond acceptors (Lipinski definition) is 6. The number of alkyl halides is 3. The summed E-state index contributed by atoms with van der Waals surface area (Å²) in [5.74, 6) is 0. The minimum atomic E-state index is -5.07. The largest absolute Gasteiger partial charge is 0.465 e. The third-order valence-electron chi connectivity index (χ3n) is 6.31. The number of benzene rings is 2. The van der Waals surface area contributed by atoms with E-state index < -0.39 is 53.5 Å². The molecule has 3 rings (SSSR count). The number of carboxylic acid groups (broad SMARTS) is 1. The Hall–Kier alpha value is -3.37. The first-order chi connectivity index (χ1) is 18.6. The monoisotopic (exact) mass is 606 g/mol. The molecule has 1 heterocycles. The van der Waals surface area contributed by atoms with Crippen molar-refractivity contribution in [1.82, 2.24) is 19.8 Å². The molecule has 1 fully saturated rings. The molecule has 2 aromatic rings. The summed E-state index contributed by atoms with van der Waals surface area (Å²) >= 11 is 0. The maximum atomic E-state index is 13.6.